The van der Waals surface area contributed by atoms with Gasteiger partial charge in [0.25, 0.3) is 15.6 Å². The van der Waals surface area contributed by atoms with Gasteiger partial charge in [0.2, 0.25) is 10.0 Å². The lowest BCUT2D eigenvalue weighted by atomic mass is 10.0. The number of amidine groups is 1. The van der Waals surface area contributed by atoms with Gasteiger partial charge in [0.1, 0.15) is 16.2 Å². The molecule has 5 rings (SSSR count). The predicted molar refractivity (Wildman–Crippen MR) is 137 cm³/mol. The van der Waals surface area contributed by atoms with Gasteiger partial charge in [-0.15, -0.1) is 4.40 Å². The molecule has 0 fully saturated rings. The maximum atomic E-state index is 13.4. The van der Waals surface area contributed by atoms with E-state index in [2.05, 4.69) is 14.4 Å². The van der Waals surface area contributed by atoms with Crippen molar-refractivity contribution in [3.05, 3.63) is 100.0 Å². The summed E-state index contributed by atoms with van der Waals surface area (Å²) in [5.41, 5.74) is 0.961. The molecule has 0 atom stereocenters. The summed E-state index contributed by atoms with van der Waals surface area (Å²) in [6, 6.07) is 18.3. The van der Waals surface area contributed by atoms with Crippen LogP contribution in [0.15, 0.2) is 87.0 Å². The lowest BCUT2D eigenvalue weighted by Gasteiger charge is -2.21. The van der Waals surface area contributed by atoms with E-state index in [0.717, 1.165) is 17.9 Å². The zero-order chi connectivity index (χ0) is 25.7. The molecule has 0 saturated carbocycles. The number of nitrogens with zero attached hydrogens (tertiary/aromatic N) is 2. The summed E-state index contributed by atoms with van der Waals surface area (Å²) in [5, 5.41) is 14.1. The predicted octanol–water partition coefficient (Wildman–Crippen LogP) is 2.53. The average Bonchev–Trinajstić information content (AvgIpc) is 2.82. The monoisotopic (exact) mass is 524 g/mol. The number of anilines is 2. The zero-order valence-corrected chi connectivity index (χ0v) is 20.5. The fourth-order valence-electron chi connectivity index (χ4n) is 4.09. The molecule has 3 heterocycles. The fraction of sp³-hybridized carbons (Fsp3) is 0.0833. The number of rotatable bonds is 5. The molecular formula is C24H20N4O6S2. The Bertz CT molecular complexity index is 1830. The first-order valence-electron chi connectivity index (χ1n) is 10.7. The highest BCUT2D eigenvalue weighted by Crippen LogP contribution is 2.34. The van der Waals surface area contributed by atoms with Crippen molar-refractivity contribution in [2.75, 3.05) is 16.3 Å². The summed E-state index contributed by atoms with van der Waals surface area (Å²) in [5.74, 6) is -0.711. The number of sulfonamides is 2. The van der Waals surface area contributed by atoms with Crippen molar-refractivity contribution in [1.82, 2.24) is 4.40 Å². The molecule has 0 saturated heterocycles. The van der Waals surface area contributed by atoms with E-state index < -0.39 is 25.6 Å². The molecule has 1 aliphatic rings. The SMILES string of the molecule is CS(=O)(=O)Nc1ccc2c(c1)S(=O)(=O)N=C(c1c(O)c(Cc3ccccc3)c3ccccn3c1=O)N2. The van der Waals surface area contributed by atoms with Gasteiger partial charge in [-0.1, -0.05) is 36.4 Å². The smallest absolute Gasteiger partial charge is 0.286 e. The first kappa shape index (κ1) is 23.6. The number of hydrogen-bond acceptors (Lipinski definition) is 7. The second-order valence-corrected chi connectivity index (χ2v) is 11.6. The van der Waals surface area contributed by atoms with E-state index in [-0.39, 0.29) is 39.8 Å². The third-order valence-corrected chi connectivity index (χ3v) is 7.54. The fourth-order valence-corrected chi connectivity index (χ4v) is 5.80. The Morgan fingerprint density at radius 2 is 1.78 bits per heavy atom. The van der Waals surface area contributed by atoms with Gasteiger partial charge in [-0.2, -0.15) is 8.42 Å². The number of hydrogen-bond donors (Lipinski definition) is 3. The molecule has 10 nitrogen and oxygen atoms in total. The molecule has 0 spiro atoms. The Labute approximate surface area is 206 Å². The lowest BCUT2D eigenvalue weighted by Crippen LogP contribution is -2.31. The van der Waals surface area contributed by atoms with Gasteiger partial charge >= 0.3 is 0 Å². The van der Waals surface area contributed by atoms with E-state index in [9.17, 15) is 26.7 Å². The third-order valence-electron chi connectivity index (χ3n) is 5.61. The molecule has 0 radical (unpaired) electrons. The molecule has 0 amide bonds. The number of aromatic hydroxyl groups is 1. The van der Waals surface area contributed by atoms with E-state index in [1.54, 1.807) is 18.2 Å². The van der Waals surface area contributed by atoms with Crippen LogP contribution in [0.2, 0.25) is 0 Å². The number of benzene rings is 2. The summed E-state index contributed by atoms with van der Waals surface area (Å²) >= 11 is 0. The van der Waals surface area contributed by atoms with Crippen LogP contribution in [-0.4, -0.2) is 38.4 Å². The maximum Gasteiger partial charge on any atom is 0.286 e. The Hall–Kier alpha value is -4.16. The molecule has 0 unspecified atom stereocenters. The van der Waals surface area contributed by atoms with Crippen molar-refractivity contribution in [1.29, 1.82) is 0 Å². The highest BCUT2D eigenvalue weighted by molar-refractivity contribution is 7.92. The van der Waals surface area contributed by atoms with Gasteiger partial charge in [0, 0.05) is 23.9 Å². The minimum absolute atomic E-state index is 0.0408. The van der Waals surface area contributed by atoms with E-state index >= 15 is 0 Å². The molecule has 184 valence electrons. The Kier molecular flexibility index (Phi) is 5.57. The van der Waals surface area contributed by atoms with E-state index in [0.29, 0.717) is 11.1 Å². The molecule has 2 aromatic heterocycles. The van der Waals surface area contributed by atoms with Gasteiger partial charge in [-0.25, -0.2) is 8.42 Å². The second-order valence-electron chi connectivity index (χ2n) is 8.25. The highest BCUT2D eigenvalue weighted by Gasteiger charge is 2.30. The number of aromatic nitrogens is 1. The molecular weight excluding hydrogens is 504 g/mol. The minimum atomic E-state index is -4.34. The molecule has 1 aliphatic heterocycles. The van der Waals surface area contributed by atoms with Crippen molar-refractivity contribution in [3.63, 3.8) is 0 Å². The molecule has 2 aromatic carbocycles. The molecule has 36 heavy (non-hydrogen) atoms. The van der Waals surface area contributed by atoms with Gasteiger partial charge in [-0.05, 0) is 35.9 Å². The van der Waals surface area contributed by atoms with Crippen LogP contribution in [0.3, 0.4) is 0 Å². The van der Waals surface area contributed by atoms with Crippen molar-refractivity contribution < 1.29 is 21.9 Å². The second kappa shape index (κ2) is 8.50. The molecule has 12 heteroatoms. The minimum Gasteiger partial charge on any atom is -0.507 e. The van der Waals surface area contributed by atoms with Crippen LogP contribution in [0.25, 0.3) is 5.52 Å². The Morgan fingerprint density at radius 3 is 2.50 bits per heavy atom. The van der Waals surface area contributed by atoms with Crippen molar-refractivity contribution in [2.45, 2.75) is 11.3 Å². The summed E-state index contributed by atoms with van der Waals surface area (Å²) in [4.78, 5) is 13.1. The van der Waals surface area contributed by atoms with Crippen molar-refractivity contribution in [3.8, 4) is 5.75 Å². The van der Waals surface area contributed by atoms with E-state index in [1.165, 1.54) is 22.7 Å². The average molecular weight is 525 g/mol. The van der Waals surface area contributed by atoms with Crippen LogP contribution in [0.5, 0.6) is 5.75 Å². The van der Waals surface area contributed by atoms with E-state index in [4.69, 9.17) is 0 Å². The molecule has 0 bridgehead atoms. The Morgan fingerprint density at radius 1 is 1.06 bits per heavy atom. The standard InChI is InChI=1S/C24H20N4O6S2/c1-35(31,32)26-16-10-11-18-20(14-16)36(33,34)27-23(25-18)21-22(29)17(13-15-7-3-2-4-8-15)19-9-5-6-12-28(19)24(21)30/h2-12,14,26,29H,13H2,1H3,(H,25,27). The topological polar surface area (TPSA) is 146 Å². The highest BCUT2D eigenvalue weighted by atomic mass is 32.2. The number of pyridine rings is 2. The van der Waals surface area contributed by atoms with Gasteiger partial charge in [0.05, 0.1) is 17.5 Å². The molecule has 0 aliphatic carbocycles. The van der Waals surface area contributed by atoms with Gasteiger partial charge in [0.15, 0.2) is 5.84 Å². The normalized spacial score (nSPS) is 14.5. The third kappa shape index (κ3) is 4.32. The van der Waals surface area contributed by atoms with Crippen LogP contribution in [0.1, 0.15) is 16.7 Å². The first-order chi connectivity index (χ1) is 17.0. The summed E-state index contributed by atoms with van der Waals surface area (Å²) in [6.45, 7) is 0. The van der Waals surface area contributed by atoms with Crippen molar-refractivity contribution in [2.24, 2.45) is 4.40 Å². The maximum absolute atomic E-state index is 13.4. The van der Waals surface area contributed by atoms with Crippen molar-refractivity contribution >= 4 is 42.8 Å². The Balaban J connectivity index is 1.68. The molecule has 4 aromatic rings. The van der Waals surface area contributed by atoms with Crippen LogP contribution < -0.4 is 15.6 Å². The lowest BCUT2D eigenvalue weighted by molar-refractivity contribution is 0.467. The largest absolute Gasteiger partial charge is 0.507 e. The number of fused-ring (bicyclic) bond motifs is 2. The summed E-state index contributed by atoms with van der Waals surface area (Å²) in [6.07, 6.45) is 2.76. The summed E-state index contributed by atoms with van der Waals surface area (Å²) < 4.78 is 56.5. The molecule has 3 N–H and O–H groups in total. The van der Waals surface area contributed by atoms with Crippen LogP contribution in [0, 0.1) is 0 Å². The first-order valence-corrected chi connectivity index (χ1v) is 14.0. The quantitative estimate of drug-likeness (QED) is 0.364. The zero-order valence-electron chi connectivity index (χ0n) is 18.8. The van der Waals surface area contributed by atoms with Gasteiger partial charge in [-0.3, -0.25) is 13.9 Å². The summed E-state index contributed by atoms with van der Waals surface area (Å²) in [7, 11) is -7.98. The van der Waals surface area contributed by atoms with Crippen LogP contribution in [0.4, 0.5) is 11.4 Å². The number of nitrogens with one attached hydrogen (secondary N) is 2. The van der Waals surface area contributed by atoms with Crippen LogP contribution >= 0.6 is 0 Å². The van der Waals surface area contributed by atoms with E-state index in [1.807, 2.05) is 30.3 Å². The van der Waals surface area contributed by atoms with Crippen LogP contribution in [-0.2, 0) is 26.5 Å². The van der Waals surface area contributed by atoms with Gasteiger partial charge < -0.3 is 10.4 Å².